The number of aromatic nitrogens is 4. The summed E-state index contributed by atoms with van der Waals surface area (Å²) < 4.78 is 5.62. The molecule has 0 unspecified atom stereocenters. The molecule has 0 spiro atoms. The number of nitrogens with one attached hydrogen (secondary N) is 1. The van der Waals surface area contributed by atoms with Crippen molar-refractivity contribution in [3.63, 3.8) is 0 Å². The zero-order valence-corrected chi connectivity index (χ0v) is 14.6. The Bertz CT molecular complexity index is 944. The van der Waals surface area contributed by atoms with E-state index in [-0.39, 0.29) is 17.0 Å². The Labute approximate surface area is 153 Å². The maximum atomic E-state index is 11.1. The van der Waals surface area contributed by atoms with E-state index < -0.39 is 10.6 Å². The highest BCUT2D eigenvalue weighted by Crippen LogP contribution is 2.31. The first-order valence-electron chi connectivity index (χ1n) is 7.44. The number of nitrogens with zero attached hydrogens (tertiary/aromatic N) is 5. The van der Waals surface area contributed by atoms with Crippen LogP contribution in [0.1, 0.15) is 11.4 Å². The zero-order chi connectivity index (χ0) is 18.7. The first-order valence-corrected chi connectivity index (χ1v) is 7.82. The van der Waals surface area contributed by atoms with Crippen LogP contribution in [0.3, 0.4) is 0 Å². The highest BCUT2D eigenvalue weighted by molar-refractivity contribution is 6.31. The Morgan fingerprint density at radius 1 is 1.12 bits per heavy atom. The van der Waals surface area contributed by atoms with Gasteiger partial charge in [-0.2, -0.15) is 0 Å². The van der Waals surface area contributed by atoms with E-state index in [0.717, 1.165) is 17.7 Å². The van der Waals surface area contributed by atoms with Gasteiger partial charge in [-0.05, 0) is 44.2 Å². The lowest BCUT2D eigenvalue weighted by Crippen LogP contribution is -2.01. The summed E-state index contributed by atoms with van der Waals surface area (Å²) in [5.74, 6) is 0.525. The van der Waals surface area contributed by atoms with E-state index in [9.17, 15) is 10.1 Å². The normalized spacial score (nSPS) is 10.4. The molecule has 0 aliphatic heterocycles. The molecule has 1 aromatic carbocycles. The predicted molar refractivity (Wildman–Crippen MR) is 95.0 cm³/mol. The summed E-state index contributed by atoms with van der Waals surface area (Å²) in [4.78, 5) is 26.4. The molecule has 0 bridgehead atoms. The van der Waals surface area contributed by atoms with Crippen LogP contribution < -0.4 is 10.1 Å². The summed E-state index contributed by atoms with van der Waals surface area (Å²) in [6.45, 7) is 3.71. The number of anilines is 2. The van der Waals surface area contributed by atoms with Crippen LogP contribution in [-0.4, -0.2) is 24.9 Å². The zero-order valence-electron chi connectivity index (χ0n) is 13.8. The molecule has 0 amide bonds. The number of benzene rings is 1. The lowest BCUT2D eigenvalue weighted by molar-refractivity contribution is -0.384. The molecular formula is C16H13ClN6O3. The maximum Gasteiger partial charge on any atom is 0.348 e. The highest BCUT2D eigenvalue weighted by atomic mass is 35.5. The molecule has 2 heterocycles. The van der Waals surface area contributed by atoms with Crippen molar-refractivity contribution in [1.82, 2.24) is 19.9 Å². The van der Waals surface area contributed by atoms with Gasteiger partial charge in [-0.15, -0.1) is 0 Å². The summed E-state index contributed by atoms with van der Waals surface area (Å²) >= 11 is 5.76. The summed E-state index contributed by atoms with van der Waals surface area (Å²) in [5.41, 5.74) is 1.78. The van der Waals surface area contributed by atoms with Gasteiger partial charge < -0.3 is 10.1 Å². The summed E-state index contributed by atoms with van der Waals surface area (Å²) in [7, 11) is 0. The van der Waals surface area contributed by atoms with Gasteiger partial charge in [-0.1, -0.05) is 11.6 Å². The van der Waals surface area contributed by atoms with Crippen LogP contribution in [0.5, 0.6) is 11.8 Å². The Morgan fingerprint density at radius 3 is 2.38 bits per heavy atom. The second-order valence-corrected chi connectivity index (χ2v) is 5.66. The van der Waals surface area contributed by atoms with E-state index >= 15 is 0 Å². The third kappa shape index (κ3) is 4.01. The monoisotopic (exact) mass is 372 g/mol. The number of rotatable bonds is 5. The lowest BCUT2D eigenvalue weighted by atomic mass is 10.3. The average molecular weight is 373 g/mol. The van der Waals surface area contributed by atoms with Crippen LogP contribution in [0, 0.1) is 24.0 Å². The van der Waals surface area contributed by atoms with Crippen molar-refractivity contribution in [2.45, 2.75) is 13.8 Å². The Balaban J connectivity index is 1.78. The predicted octanol–water partition coefficient (Wildman–Crippen LogP) is 3.98. The van der Waals surface area contributed by atoms with Crippen LogP contribution in [0.25, 0.3) is 0 Å². The third-order valence-corrected chi connectivity index (χ3v) is 3.52. The molecule has 9 nitrogen and oxygen atoms in total. The Kier molecular flexibility index (Phi) is 4.90. The molecule has 26 heavy (non-hydrogen) atoms. The molecule has 0 saturated carbocycles. The van der Waals surface area contributed by atoms with Crippen molar-refractivity contribution in [2.75, 3.05) is 5.32 Å². The van der Waals surface area contributed by atoms with Crippen LogP contribution in [0.2, 0.25) is 5.15 Å². The number of aryl methyl sites for hydroxylation is 2. The fourth-order valence-electron chi connectivity index (χ4n) is 2.20. The van der Waals surface area contributed by atoms with Crippen molar-refractivity contribution in [3.05, 3.63) is 63.3 Å². The van der Waals surface area contributed by atoms with E-state index in [4.69, 9.17) is 16.3 Å². The second kappa shape index (κ2) is 7.28. The number of nitro groups is 1. The number of halogens is 1. The van der Waals surface area contributed by atoms with E-state index in [0.29, 0.717) is 11.4 Å². The third-order valence-electron chi connectivity index (χ3n) is 3.25. The van der Waals surface area contributed by atoms with Crippen molar-refractivity contribution < 1.29 is 9.66 Å². The Morgan fingerprint density at radius 2 is 1.77 bits per heavy atom. The van der Waals surface area contributed by atoms with Crippen LogP contribution in [-0.2, 0) is 0 Å². The number of ether oxygens (including phenoxy) is 1. The molecule has 3 aromatic rings. The lowest BCUT2D eigenvalue weighted by Gasteiger charge is -2.08. The van der Waals surface area contributed by atoms with Gasteiger partial charge in [0, 0.05) is 17.1 Å². The fraction of sp³-hybridized carbons (Fsp3) is 0.125. The van der Waals surface area contributed by atoms with E-state index in [1.54, 1.807) is 24.3 Å². The minimum atomic E-state index is -0.639. The maximum absolute atomic E-state index is 11.1. The largest absolute Gasteiger partial charge is 0.424 e. The molecule has 0 saturated heterocycles. The van der Waals surface area contributed by atoms with E-state index in [2.05, 4.69) is 25.3 Å². The van der Waals surface area contributed by atoms with Crippen LogP contribution in [0.4, 0.5) is 17.2 Å². The molecule has 2 aromatic heterocycles. The second-order valence-electron chi connectivity index (χ2n) is 5.30. The minimum absolute atomic E-state index is 0.00121. The molecule has 10 heteroatoms. The van der Waals surface area contributed by atoms with Gasteiger partial charge in [0.05, 0.1) is 4.92 Å². The van der Waals surface area contributed by atoms with E-state index in [1.165, 1.54) is 0 Å². The van der Waals surface area contributed by atoms with Crippen molar-refractivity contribution >= 4 is 28.8 Å². The van der Waals surface area contributed by atoms with Gasteiger partial charge in [-0.25, -0.2) is 19.9 Å². The van der Waals surface area contributed by atoms with Crippen LogP contribution >= 0.6 is 11.6 Å². The van der Waals surface area contributed by atoms with Gasteiger partial charge >= 0.3 is 11.7 Å². The summed E-state index contributed by atoms with van der Waals surface area (Å²) in [6, 6.07) is 8.81. The van der Waals surface area contributed by atoms with Crippen molar-refractivity contribution in [3.8, 4) is 11.8 Å². The number of hydrogen-bond acceptors (Lipinski definition) is 8. The molecule has 132 valence electrons. The first-order chi connectivity index (χ1) is 12.4. The van der Waals surface area contributed by atoms with Crippen molar-refractivity contribution in [2.24, 2.45) is 0 Å². The van der Waals surface area contributed by atoms with Gasteiger partial charge in [0.2, 0.25) is 11.0 Å². The fourth-order valence-corrected chi connectivity index (χ4v) is 2.40. The average Bonchev–Trinajstić information content (AvgIpc) is 2.55. The molecule has 3 rings (SSSR count). The molecule has 0 radical (unpaired) electrons. The molecule has 0 fully saturated rings. The van der Waals surface area contributed by atoms with Crippen LogP contribution in [0.15, 0.2) is 36.7 Å². The topological polar surface area (TPSA) is 116 Å². The SMILES string of the molecule is Cc1cc(C)nc(Oc2ccc(Nc3ncnc(Cl)c3[N+](=O)[O-])cc2)n1. The van der Waals surface area contributed by atoms with Gasteiger partial charge in [0.1, 0.15) is 12.1 Å². The summed E-state index contributed by atoms with van der Waals surface area (Å²) in [5, 5.41) is 13.7. The molecule has 1 N–H and O–H groups in total. The highest BCUT2D eigenvalue weighted by Gasteiger charge is 2.21. The molecular weight excluding hydrogens is 360 g/mol. The van der Waals surface area contributed by atoms with E-state index in [1.807, 2.05) is 19.9 Å². The molecule has 0 aliphatic rings. The molecule has 0 atom stereocenters. The Hall–Kier alpha value is -3.33. The van der Waals surface area contributed by atoms with Gasteiger partial charge in [0.15, 0.2) is 0 Å². The molecule has 0 aliphatic carbocycles. The quantitative estimate of drug-likeness (QED) is 0.406. The number of hydrogen-bond donors (Lipinski definition) is 1. The smallest absolute Gasteiger partial charge is 0.348 e. The van der Waals surface area contributed by atoms with Gasteiger partial charge in [-0.3, -0.25) is 10.1 Å². The van der Waals surface area contributed by atoms with Gasteiger partial charge in [0.25, 0.3) is 0 Å². The first kappa shape index (κ1) is 17.5. The van der Waals surface area contributed by atoms with Crippen molar-refractivity contribution in [1.29, 1.82) is 0 Å². The summed E-state index contributed by atoms with van der Waals surface area (Å²) in [6.07, 6.45) is 1.15. The standard InChI is InChI=1S/C16H13ClN6O3/c1-9-7-10(2)21-16(20-9)26-12-5-3-11(4-6-12)22-15-13(23(24)25)14(17)18-8-19-15/h3-8H,1-2H3,(H,18,19,22). The minimum Gasteiger partial charge on any atom is -0.424 e.